The number of rotatable bonds is 5. The van der Waals surface area contributed by atoms with E-state index in [2.05, 4.69) is 17.1 Å². The van der Waals surface area contributed by atoms with Crippen LogP contribution in [-0.2, 0) is 16.0 Å². The van der Waals surface area contributed by atoms with Crippen LogP contribution in [0.25, 0.3) is 22.5 Å². The lowest BCUT2D eigenvalue weighted by molar-refractivity contribution is -0.143. The Bertz CT molecular complexity index is 835. The van der Waals surface area contributed by atoms with E-state index >= 15 is 0 Å². The third-order valence-corrected chi connectivity index (χ3v) is 3.83. The summed E-state index contributed by atoms with van der Waals surface area (Å²) in [5, 5.41) is 9.22. The van der Waals surface area contributed by atoms with Crippen LogP contribution in [0, 0.1) is 0 Å². The van der Waals surface area contributed by atoms with Crippen molar-refractivity contribution in [3.05, 3.63) is 36.2 Å². The first-order valence-corrected chi connectivity index (χ1v) is 7.66. The SMILES string of the molecule is CCCc1nnc(-c2cc3ccccc3n2C(C)C(=O)OC)o1. The second-order valence-corrected chi connectivity index (χ2v) is 5.41. The van der Waals surface area contributed by atoms with E-state index in [-0.39, 0.29) is 5.97 Å². The third-order valence-electron chi connectivity index (χ3n) is 3.83. The van der Waals surface area contributed by atoms with Crippen LogP contribution in [-0.4, -0.2) is 27.8 Å². The van der Waals surface area contributed by atoms with Crippen LogP contribution in [0.3, 0.4) is 0 Å². The van der Waals surface area contributed by atoms with Crippen molar-refractivity contribution >= 4 is 16.9 Å². The van der Waals surface area contributed by atoms with E-state index in [0.717, 1.165) is 29.4 Å². The van der Waals surface area contributed by atoms with Crippen LogP contribution >= 0.6 is 0 Å². The van der Waals surface area contributed by atoms with Gasteiger partial charge in [0.05, 0.1) is 7.11 Å². The van der Waals surface area contributed by atoms with Crippen LogP contribution in [0.15, 0.2) is 34.7 Å². The number of carbonyl (C=O) groups is 1. The van der Waals surface area contributed by atoms with Crippen molar-refractivity contribution in [2.75, 3.05) is 7.11 Å². The van der Waals surface area contributed by atoms with Crippen molar-refractivity contribution in [2.45, 2.75) is 32.7 Å². The van der Waals surface area contributed by atoms with Gasteiger partial charge in [0.2, 0.25) is 5.89 Å². The normalized spacial score (nSPS) is 12.5. The molecule has 3 aromatic rings. The Kier molecular flexibility index (Phi) is 4.14. The zero-order valence-electron chi connectivity index (χ0n) is 13.4. The van der Waals surface area contributed by atoms with Gasteiger partial charge in [-0.25, -0.2) is 4.79 Å². The minimum Gasteiger partial charge on any atom is -0.467 e. The lowest BCUT2D eigenvalue weighted by Crippen LogP contribution is -2.18. The highest BCUT2D eigenvalue weighted by Gasteiger charge is 2.24. The van der Waals surface area contributed by atoms with Crippen LogP contribution in [0.5, 0.6) is 0 Å². The average molecular weight is 313 g/mol. The van der Waals surface area contributed by atoms with Gasteiger partial charge in [-0.3, -0.25) is 0 Å². The number of hydrogen-bond donors (Lipinski definition) is 0. The van der Waals surface area contributed by atoms with Crippen molar-refractivity contribution in [1.29, 1.82) is 0 Å². The minimum absolute atomic E-state index is 0.319. The topological polar surface area (TPSA) is 70.2 Å². The molecular formula is C17H19N3O3. The van der Waals surface area contributed by atoms with Crippen LogP contribution in [0.2, 0.25) is 0 Å². The number of carbonyl (C=O) groups excluding carboxylic acids is 1. The summed E-state index contributed by atoms with van der Waals surface area (Å²) in [6.45, 7) is 3.85. The zero-order valence-corrected chi connectivity index (χ0v) is 13.4. The monoisotopic (exact) mass is 313 g/mol. The lowest BCUT2D eigenvalue weighted by atomic mass is 10.2. The minimum atomic E-state index is -0.489. The van der Waals surface area contributed by atoms with Gasteiger partial charge in [-0.1, -0.05) is 25.1 Å². The second-order valence-electron chi connectivity index (χ2n) is 5.41. The molecule has 6 nitrogen and oxygen atoms in total. The van der Waals surface area contributed by atoms with Gasteiger partial charge >= 0.3 is 5.97 Å². The molecule has 6 heteroatoms. The Balaban J connectivity index is 2.16. The molecule has 0 N–H and O–H groups in total. The molecule has 0 saturated carbocycles. The highest BCUT2D eigenvalue weighted by atomic mass is 16.5. The average Bonchev–Trinajstić information content (AvgIpc) is 3.17. The number of esters is 1. The maximum absolute atomic E-state index is 12.0. The summed E-state index contributed by atoms with van der Waals surface area (Å²) in [6.07, 6.45) is 1.67. The molecule has 0 aliphatic carbocycles. The molecule has 2 heterocycles. The number of fused-ring (bicyclic) bond motifs is 1. The van der Waals surface area contributed by atoms with Gasteiger partial charge in [-0.15, -0.1) is 10.2 Å². The maximum Gasteiger partial charge on any atom is 0.328 e. The Labute approximate surface area is 134 Å². The highest BCUT2D eigenvalue weighted by Crippen LogP contribution is 2.31. The van der Waals surface area contributed by atoms with E-state index < -0.39 is 6.04 Å². The molecule has 0 radical (unpaired) electrons. The van der Waals surface area contributed by atoms with E-state index in [0.29, 0.717) is 11.8 Å². The molecule has 23 heavy (non-hydrogen) atoms. The van der Waals surface area contributed by atoms with E-state index in [1.165, 1.54) is 7.11 Å². The van der Waals surface area contributed by atoms with E-state index in [1.807, 2.05) is 34.9 Å². The summed E-state index contributed by atoms with van der Waals surface area (Å²) in [4.78, 5) is 12.0. The molecule has 1 aromatic carbocycles. The molecule has 0 saturated heterocycles. The Morgan fingerprint density at radius 3 is 2.87 bits per heavy atom. The summed E-state index contributed by atoms with van der Waals surface area (Å²) >= 11 is 0. The van der Waals surface area contributed by atoms with Gasteiger partial charge in [0.25, 0.3) is 5.89 Å². The fraction of sp³-hybridized carbons (Fsp3) is 0.353. The molecule has 1 atom stereocenters. The predicted molar refractivity (Wildman–Crippen MR) is 86.0 cm³/mol. The van der Waals surface area contributed by atoms with Crippen molar-refractivity contribution in [3.63, 3.8) is 0 Å². The van der Waals surface area contributed by atoms with Crippen LogP contribution in [0.4, 0.5) is 0 Å². The quantitative estimate of drug-likeness (QED) is 0.675. The van der Waals surface area contributed by atoms with Crippen LogP contribution in [0.1, 0.15) is 32.2 Å². The first-order valence-electron chi connectivity index (χ1n) is 7.66. The van der Waals surface area contributed by atoms with Crippen LogP contribution < -0.4 is 0 Å². The summed E-state index contributed by atoms with van der Waals surface area (Å²) in [5.41, 5.74) is 1.65. The van der Waals surface area contributed by atoms with E-state index in [9.17, 15) is 4.79 Å². The van der Waals surface area contributed by atoms with E-state index in [1.54, 1.807) is 6.92 Å². The van der Waals surface area contributed by atoms with Gasteiger partial charge in [0, 0.05) is 17.3 Å². The number of methoxy groups -OCH3 is 1. The molecule has 2 aromatic heterocycles. The summed E-state index contributed by atoms with van der Waals surface area (Å²) < 4.78 is 12.5. The van der Waals surface area contributed by atoms with Crippen molar-refractivity contribution in [1.82, 2.24) is 14.8 Å². The zero-order chi connectivity index (χ0) is 16.4. The third kappa shape index (κ3) is 2.72. The number of para-hydroxylation sites is 1. The number of benzene rings is 1. The first-order chi connectivity index (χ1) is 11.2. The number of aromatic nitrogens is 3. The summed E-state index contributed by atoms with van der Waals surface area (Å²) in [7, 11) is 1.39. The van der Waals surface area contributed by atoms with Gasteiger partial charge in [-0.2, -0.15) is 0 Å². The molecule has 120 valence electrons. The molecule has 0 spiro atoms. The maximum atomic E-state index is 12.0. The largest absolute Gasteiger partial charge is 0.467 e. The molecule has 0 aliphatic rings. The molecule has 3 rings (SSSR count). The van der Waals surface area contributed by atoms with Crippen molar-refractivity contribution < 1.29 is 13.9 Å². The molecular weight excluding hydrogens is 294 g/mol. The number of ether oxygens (including phenoxy) is 1. The summed E-state index contributed by atoms with van der Waals surface area (Å²) in [6, 6.07) is 9.30. The van der Waals surface area contributed by atoms with Gasteiger partial charge < -0.3 is 13.7 Å². The summed E-state index contributed by atoms with van der Waals surface area (Å²) in [5.74, 6) is 0.700. The Hall–Kier alpha value is -2.63. The van der Waals surface area contributed by atoms with Gasteiger partial charge in [0.1, 0.15) is 11.7 Å². The number of aryl methyl sites for hydroxylation is 1. The lowest BCUT2D eigenvalue weighted by Gasteiger charge is -2.15. The number of hydrogen-bond acceptors (Lipinski definition) is 5. The fourth-order valence-electron chi connectivity index (χ4n) is 2.71. The second kappa shape index (κ2) is 6.24. The van der Waals surface area contributed by atoms with Crippen molar-refractivity contribution in [2.24, 2.45) is 0 Å². The molecule has 0 amide bonds. The predicted octanol–water partition coefficient (Wildman–Crippen LogP) is 3.38. The van der Waals surface area contributed by atoms with Gasteiger partial charge in [0.15, 0.2) is 0 Å². The first kappa shape index (κ1) is 15.3. The molecule has 0 bridgehead atoms. The standard InChI is InChI=1S/C17H19N3O3/c1-4-7-15-18-19-16(23-15)14-10-12-8-5-6-9-13(12)20(14)11(2)17(21)22-3/h5-6,8-11H,4,7H2,1-3H3. The van der Waals surface area contributed by atoms with Gasteiger partial charge in [-0.05, 0) is 25.5 Å². The Morgan fingerprint density at radius 1 is 1.35 bits per heavy atom. The fourth-order valence-corrected chi connectivity index (χ4v) is 2.71. The Morgan fingerprint density at radius 2 is 2.13 bits per heavy atom. The highest BCUT2D eigenvalue weighted by molar-refractivity contribution is 5.88. The molecule has 0 fully saturated rings. The smallest absolute Gasteiger partial charge is 0.328 e. The van der Waals surface area contributed by atoms with Crippen molar-refractivity contribution in [3.8, 4) is 11.6 Å². The number of nitrogens with zero attached hydrogens (tertiary/aromatic N) is 3. The molecule has 1 unspecified atom stereocenters. The van der Waals surface area contributed by atoms with E-state index in [4.69, 9.17) is 9.15 Å². The molecule has 0 aliphatic heterocycles.